The molecule has 4 aromatic rings. The van der Waals surface area contributed by atoms with E-state index in [0.717, 1.165) is 16.3 Å². The first-order valence-corrected chi connectivity index (χ1v) is 12.0. The van der Waals surface area contributed by atoms with Crippen molar-refractivity contribution in [3.63, 3.8) is 0 Å². The first-order valence-electron chi connectivity index (χ1n) is 12.0. The molecule has 0 aliphatic rings. The van der Waals surface area contributed by atoms with Gasteiger partial charge in [-0.15, -0.1) is 0 Å². The molecule has 0 unspecified atom stereocenters. The average Bonchev–Trinajstić information content (AvgIpc) is 2.90. The van der Waals surface area contributed by atoms with Gasteiger partial charge in [0.25, 0.3) is 5.91 Å². The van der Waals surface area contributed by atoms with E-state index in [2.05, 4.69) is 11.4 Å². The first kappa shape index (κ1) is 25.5. The Bertz CT molecular complexity index is 1530. The molecule has 0 bridgehead atoms. The molecule has 0 heterocycles. The molecule has 0 aromatic heterocycles. The van der Waals surface area contributed by atoms with Gasteiger partial charge in [0.1, 0.15) is 11.5 Å². The number of carbonyl (C=O) groups is 2. The number of methoxy groups -OCH3 is 1. The van der Waals surface area contributed by atoms with Crippen molar-refractivity contribution >= 4 is 22.6 Å². The number of nitriles is 1. The summed E-state index contributed by atoms with van der Waals surface area (Å²) in [5.41, 5.74) is 3.53. The zero-order valence-corrected chi connectivity index (χ0v) is 21.3. The number of amides is 1. The Kier molecular flexibility index (Phi) is 7.55. The minimum Gasteiger partial charge on any atom is -0.465 e. The van der Waals surface area contributed by atoms with Crippen LogP contribution in [0.25, 0.3) is 21.9 Å². The van der Waals surface area contributed by atoms with Gasteiger partial charge in [-0.1, -0.05) is 44.2 Å². The third-order valence-electron chi connectivity index (χ3n) is 5.95. The summed E-state index contributed by atoms with van der Waals surface area (Å²) in [5, 5.41) is 13.9. The molecule has 0 radical (unpaired) electrons. The second kappa shape index (κ2) is 11.0. The lowest BCUT2D eigenvalue weighted by molar-refractivity contribution is 0.0601. The van der Waals surface area contributed by atoms with Gasteiger partial charge in [0.05, 0.1) is 24.3 Å². The lowest BCUT2D eigenvalue weighted by Crippen LogP contribution is -2.27. The molecule has 0 aliphatic heterocycles. The number of hydrogen-bond acceptors (Lipinski definition) is 5. The van der Waals surface area contributed by atoms with E-state index in [1.165, 1.54) is 7.11 Å². The van der Waals surface area contributed by atoms with Crippen LogP contribution in [0, 0.1) is 24.2 Å². The molecule has 1 amide bonds. The fourth-order valence-electron chi connectivity index (χ4n) is 4.02. The van der Waals surface area contributed by atoms with Gasteiger partial charge < -0.3 is 14.8 Å². The van der Waals surface area contributed by atoms with Gasteiger partial charge in [-0.05, 0) is 77.2 Å². The van der Waals surface area contributed by atoms with Crippen LogP contribution < -0.4 is 10.1 Å². The van der Waals surface area contributed by atoms with Crippen molar-refractivity contribution in [3.05, 3.63) is 95.1 Å². The van der Waals surface area contributed by atoms with Crippen LogP contribution in [0.3, 0.4) is 0 Å². The Hall–Kier alpha value is -4.63. The average molecular weight is 493 g/mol. The molecule has 0 saturated carbocycles. The van der Waals surface area contributed by atoms with Gasteiger partial charge in [0, 0.05) is 17.7 Å². The summed E-state index contributed by atoms with van der Waals surface area (Å²) in [7, 11) is 1.32. The van der Waals surface area contributed by atoms with Gasteiger partial charge in [0.2, 0.25) is 0 Å². The lowest BCUT2D eigenvalue weighted by atomic mass is 9.95. The highest BCUT2D eigenvalue weighted by molar-refractivity contribution is 6.02. The summed E-state index contributed by atoms with van der Waals surface area (Å²) >= 11 is 0. The van der Waals surface area contributed by atoms with E-state index in [-0.39, 0.29) is 11.5 Å². The Morgan fingerprint density at radius 3 is 2.38 bits per heavy atom. The fourth-order valence-corrected chi connectivity index (χ4v) is 4.02. The SMILES string of the molecule is COC(=O)c1cc(C(=O)NCC(C)C)ccc1-c1ccc(C)cc1Oc1ccc2cc(C#N)ccc2c1. The number of carbonyl (C=O) groups excluding carboxylic acids is 2. The number of benzene rings is 4. The maximum atomic E-state index is 12.8. The third kappa shape index (κ3) is 5.79. The quantitative estimate of drug-likeness (QED) is 0.292. The fraction of sp³-hybridized carbons (Fsp3) is 0.194. The van der Waals surface area contributed by atoms with E-state index < -0.39 is 5.97 Å². The van der Waals surface area contributed by atoms with Gasteiger partial charge >= 0.3 is 5.97 Å². The minimum atomic E-state index is -0.543. The molecule has 1 N–H and O–H groups in total. The number of esters is 1. The zero-order chi connectivity index (χ0) is 26.5. The molecule has 186 valence electrons. The lowest BCUT2D eigenvalue weighted by Gasteiger charge is -2.16. The predicted octanol–water partition coefficient (Wildman–Crippen LogP) is 6.65. The topological polar surface area (TPSA) is 88.4 Å². The second-order valence-corrected chi connectivity index (χ2v) is 9.29. The number of fused-ring (bicyclic) bond motifs is 1. The van der Waals surface area contributed by atoms with Crippen LogP contribution in [0.2, 0.25) is 0 Å². The van der Waals surface area contributed by atoms with E-state index in [4.69, 9.17) is 14.7 Å². The highest BCUT2D eigenvalue weighted by Gasteiger charge is 2.20. The highest BCUT2D eigenvalue weighted by atomic mass is 16.5. The summed E-state index contributed by atoms with van der Waals surface area (Å²) in [4.78, 5) is 25.4. The Morgan fingerprint density at radius 2 is 1.65 bits per heavy atom. The van der Waals surface area contributed by atoms with Crippen LogP contribution >= 0.6 is 0 Å². The maximum absolute atomic E-state index is 12.8. The minimum absolute atomic E-state index is 0.249. The molecule has 4 rings (SSSR count). The van der Waals surface area contributed by atoms with Crippen molar-refractivity contribution in [2.75, 3.05) is 13.7 Å². The molecule has 0 aliphatic carbocycles. The third-order valence-corrected chi connectivity index (χ3v) is 5.95. The smallest absolute Gasteiger partial charge is 0.338 e. The summed E-state index contributed by atoms with van der Waals surface area (Å²) in [6.07, 6.45) is 0. The van der Waals surface area contributed by atoms with E-state index in [0.29, 0.717) is 46.2 Å². The molecule has 4 aromatic carbocycles. The monoisotopic (exact) mass is 492 g/mol. The number of nitrogens with one attached hydrogen (secondary N) is 1. The van der Waals surface area contributed by atoms with Crippen LogP contribution in [0.1, 0.15) is 45.7 Å². The molecule has 37 heavy (non-hydrogen) atoms. The van der Waals surface area contributed by atoms with Gasteiger partial charge in [-0.25, -0.2) is 4.79 Å². The van der Waals surface area contributed by atoms with E-state index in [1.54, 1.807) is 24.3 Å². The highest BCUT2D eigenvalue weighted by Crippen LogP contribution is 2.37. The Morgan fingerprint density at radius 1 is 0.919 bits per heavy atom. The summed E-state index contributed by atoms with van der Waals surface area (Å²) in [5.74, 6) is 0.697. The second-order valence-electron chi connectivity index (χ2n) is 9.29. The van der Waals surface area contributed by atoms with Crippen LogP contribution in [-0.2, 0) is 4.74 Å². The van der Waals surface area contributed by atoms with E-state index in [1.807, 2.05) is 69.3 Å². The molecule has 0 saturated heterocycles. The summed E-state index contributed by atoms with van der Waals surface area (Å²) in [6.45, 7) is 6.53. The molecule has 6 heteroatoms. The van der Waals surface area contributed by atoms with Crippen molar-refractivity contribution < 1.29 is 19.1 Å². The van der Waals surface area contributed by atoms with Crippen molar-refractivity contribution in [1.29, 1.82) is 5.26 Å². The number of nitrogens with zero attached hydrogens (tertiary/aromatic N) is 1. The molecule has 0 atom stereocenters. The molecule has 0 fully saturated rings. The van der Waals surface area contributed by atoms with Crippen LogP contribution in [-0.4, -0.2) is 25.5 Å². The predicted molar refractivity (Wildman–Crippen MR) is 144 cm³/mol. The van der Waals surface area contributed by atoms with Crippen molar-refractivity contribution in [1.82, 2.24) is 5.32 Å². The van der Waals surface area contributed by atoms with Crippen molar-refractivity contribution in [2.24, 2.45) is 5.92 Å². The van der Waals surface area contributed by atoms with E-state index >= 15 is 0 Å². The maximum Gasteiger partial charge on any atom is 0.338 e. The van der Waals surface area contributed by atoms with Crippen LogP contribution in [0.15, 0.2) is 72.8 Å². The van der Waals surface area contributed by atoms with Crippen molar-refractivity contribution in [2.45, 2.75) is 20.8 Å². The summed E-state index contributed by atoms with van der Waals surface area (Å²) < 4.78 is 11.4. The number of ether oxygens (including phenoxy) is 2. The molecular weight excluding hydrogens is 464 g/mol. The van der Waals surface area contributed by atoms with Crippen LogP contribution in [0.4, 0.5) is 0 Å². The number of aryl methyl sites for hydroxylation is 1. The standard InChI is InChI=1S/C31H28N2O4/c1-19(2)18-33-30(34)24-9-12-26(28(16-24)31(35)36-4)27-11-5-20(3)13-29(27)37-25-10-8-22-14-21(17-32)6-7-23(22)15-25/h5-16,19H,18H2,1-4H3,(H,33,34). The molecular formula is C31H28N2O4. The summed E-state index contributed by atoms with van der Waals surface area (Å²) in [6, 6.07) is 24.0. The van der Waals surface area contributed by atoms with Crippen molar-refractivity contribution in [3.8, 4) is 28.7 Å². The normalized spacial score (nSPS) is 10.7. The zero-order valence-electron chi connectivity index (χ0n) is 21.3. The number of hydrogen-bond donors (Lipinski definition) is 1. The van der Waals surface area contributed by atoms with E-state index in [9.17, 15) is 9.59 Å². The van der Waals surface area contributed by atoms with Gasteiger partial charge in [-0.3, -0.25) is 4.79 Å². The largest absolute Gasteiger partial charge is 0.465 e. The Balaban J connectivity index is 1.75. The Labute approximate surface area is 216 Å². The van der Waals surface area contributed by atoms with Gasteiger partial charge in [0.15, 0.2) is 0 Å². The molecule has 6 nitrogen and oxygen atoms in total. The molecule has 0 spiro atoms. The van der Waals surface area contributed by atoms with Crippen LogP contribution in [0.5, 0.6) is 11.5 Å². The number of rotatable bonds is 7. The van der Waals surface area contributed by atoms with Gasteiger partial charge in [-0.2, -0.15) is 5.26 Å². The first-order chi connectivity index (χ1) is 17.8.